The van der Waals surface area contributed by atoms with Crippen LogP contribution >= 0.6 is 0 Å². The first-order chi connectivity index (χ1) is 13.4. The molecule has 0 aromatic carbocycles. The Balaban J connectivity index is 5.81. The van der Waals surface area contributed by atoms with Crippen LogP contribution in [-0.4, -0.2) is 68.9 Å². The first kappa shape index (κ1) is 30.7. The van der Waals surface area contributed by atoms with Gasteiger partial charge in [-0.2, -0.15) is 0 Å². The van der Waals surface area contributed by atoms with E-state index in [1.807, 2.05) is 24.2 Å². The van der Waals surface area contributed by atoms with Crippen molar-refractivity contribution in [3.63, 3.8) is 0 Å². The minimum atomic E-state index is -2.06. The molecule has 1 unspecified atom stereocenters. The van der Waals surface area contributed by atoms with Gasteiger partial charge in [0.05, 0.1) is 6.42 Å². The molecule has 0 aromatic heterocycles. The summed E-state index contributed by atoms with van der Waals surface area (Å²) >= 11 is 0. The van der Waals surface area contributed by atoms with Crippen molar-refractivity contribution in [1.82, 2.24) is 4.57 Å². The van der Waals surface area contributed by atoms with E-state index in [4.69, 9.17) is 13.3 Å². The van der Waals surface area contributed by atoms with E-state index in [0.29, 0.717) is 13.2 Å². The van der Waals surface area contributed by atoms with Crippen molar-refractivity contribution in [2.24, 2.45) is 5.41 Å². The van der Waals surface area contributed by atoms with Crippen molar-refractivity contribution >= 4 is 45.1 Å². The maximum absolute atomic E-state index is 13.9. The predicted octanol–water partition coefficient (Wildman–Crippen LogP) is 5.52. The Morgan fingerprint density at radius 2 is 1.29 bits per heavy atom. The van der Waals surface area contributed by atoms with Crippen molar-refractivity contribution in [2.75, 3.05) is 13.2 Å². The fraction of sp³-hybridized carbons (Fsp3) is 0.905. The summed E-state index contributed by atoms with van der Waals surface area (Å²) in [6.45, 7) is 30.1. The third kappa shape index (κ3) is 13.1. The van der Waals surface area contributed by atoms with Gasteiger partial charge in [-0.1, -0.05) is 33.5 Å². The molecule has 1 amide bonds. The van der Waals surface area contributed by atoms with Gasteiger partial charge >= 0.3 is 0 Å². The third-order valence-corrected chi connectivity index (χ3v) is 9.17. The zero-order valence-corrected chi connectivity index (χ0v) is 26.7. The van der Waals surface area contributed by atoms with E-state index in [0.717, 1.165) is 0 Å². The van der Waals surface area contributed by atoms with Crippen LogP contribution in [0.1, 0.15) is 20.3 Å². The van der Waals surface area contributed by atoms with Gasteiger partial charge in [0.25, 0.3) is 5.97 Å². The van der Waals surface area contributed by atoms with Crippen LogP contribution in [0.4, 0.5) is 0 Å². The van der Waals surface area contributed by atoms with Crippen LogP contribution in [0.25, 0.3) is 0 Å². The van der Waals surface area contributed by atoms with Crippen LogP contribution in [0.15, 0.2) is 0 Å². The highest BCUT2D eigenvalue weighted by Crippen LogP contribution is 2.31. The largest absolute Gasteiger partial charge is 0.520 e. The Morgan fingerprint density at radius 3 is 1.65 bits per heavy atom. The Kier molecular flexibility index (Phi) is 10.7. The maximum Gasteiger partial charge on any atom is 0.294 e. The predicted molar refractivity (Wildman–Crippen MR) is 140 cm³/mol. The topological polar surface area (TPSA) is 65.1 Å². The van der Waals surface area contributed by atoms with Crippen molar-refractivity contribution in [1.29, 1.82) is 0 Å². The van der Waals surface area contributed by atoms with E-state index in [1.165, 1.54) is 0 Å². The molecular formula is C21H49NO5Si4. The average Bonchev–Trinajstić information content (AvgIpc) is 2.46. The number of nitrogens with zero attached hydrogens (tertiary/aromatic N) is 1. The molecule has 31 heavy (non-hydrogen) atoms. The summed E-state index contributed by atoms with van der Waals surface area (Å²) in [5.41, 5.74) is -0.478. The minimum Gasteiger partial charge on any atom is -0.520 e. The molecular weight excluding hydrogens is 459 g/mol. The summed E-state index contributed by atoms with van der Waals surface area (Å²) in [5.74, 6) is -0.245. The lowest BCUT2D eigenvalue weighted by molar-refractivity contribution is -0.142. The Bertz CT molecular complexity index is 613. The molecule has 0 rings (SSSR count). The van der Waals surface area contributed by atoms with Gasteiger partial charge in [-0.05, 0) is 58.9 Å². The maximum atomic E-state index is 13.9. The highest BCUT2D eigenvalue weighted by molar-refractivity contribution is 6.75. The van der Waals surface area contributed by atoms with Gasteiger partial charge in [-0.15, -0.1) is 0 Å². The second-order valence-electron chi connectivity index (χ2n) is 13.0. The molecule has 0 saturated heterocycles. The van der Waals surface area contributed by atoms with Gasteiger partial charge in [-0.3, -0.25) is 9.59 Å². The molecule has 10 heteroatoms. The first-order valence-corrected chi connectivity index (χ1v) is 25.0. The van der Waals surface area contributed by atoms with Crippen LogP contribution in [0.5, 0.6) is 0 Å². The van der Waals surface area contributed by atoms with Crippen molar-refractivity contribution in [2.45, 2.75) is 105 Å². The van der Waals surface area contributed by atoms with E-state index in [2.05, 4.69) is 72.8 Å². The summed E-state index contributed by atoms with van der Waals surface area (Å²) < 4.78 is 20.2. The van der Waals surface area contributed by atoms with Gasteiger partial charge in [0.2, 0.25) is 14.2 Å². The van der Waals surface area contributed by atoms with Crippen LogP contribution < -0.4 is 0 Å². The highest BCUT2D eigenvalue weighted by atomic mass is 28.4. The molecule has 184 valence electrons. The molecule has 0 N–H and O–H groups in total. The van der Waals surface area contributed by atoms with E-state index in [1.54, 1.807) is 0 Å². The molecule has 0 aliphatic rings. The molecule has 0 fully saturated rings. The van der Waals surface area contributed by atoms with E-state index in [-0.39, 0.29) is 18.3 Å². The van der Waals surface area contributed by atoms with Gasteiger partial charge in [-0.25, -0.2) is 0 Å². The lowest BCUT2D eigenvalue weighted by Gasteiger charge is -2.44. The number of carbonyl (C=O) groups excluding carboxylic acids is 2. The van der Waals surface area contributed by atoms with Crippen LogP contribution in [0.2, 0.25) is 78.6 Å². The van der Waals surface area contributed by atoms with Crippen LogP contribution in [-0.2, 0) is 22.9 Å². The van der Waals surface area contributed by atoms with Gasteiger partial charge < -0.3 is 17.8 Å². The number of hydrogen-bond acceptors (Lipinski definition) is 5. The van der Waals surface area contributed by atoms with Gasteiger partial charge in [0.1, 0.15) is 6.10 Å². The second-order valence-corrected chi connectivity index (χ2v) is 31.3. The molecule has 0 aliphatic carbocycles. The number of amides is 1. The third-order valence-electron chi connectivity index (χ3n) is 4.32. The molecule has 0 saturated carbocycles. The fourth-order valence-electron chi connectivity index (χ4n) is 2.89. The van der Waals surface area contributed by atoms with Crippen LogP contribution in [0, 0.1) is 5.41 Å². The van der Waals surface area contributed by atoms with Crippen molar-refractivity contribution < 1.29 is 22.9 Å². The summed E-state index contributed by atoms with van der Waals surface area (Å²) in [6.07, 6.45) is -0.388. The highest BCUT2D eigenvalue weighted by Gasteiger charge is 2.44. The van der Waals surface area contributed by atoms with E-state index < -0.39 is 44.7 Å². The molecule has 0 aromatic rings. The summed E-state index contributed by atoms with van der Waals surface area (Å²) in [5, 5.41) is 0. The van der Waals surface area contributed by atoms with Crippen molar-refractivity contribution in [3.05, 3.63) is 0 Å². The van der Waals surface area contributed by atoms with E-state index in [9.17, 15) is 9.59 Å². The lowest BCUT2D eigenvalue weighted by atomic mass is 9.87. The minimum absolute atomic E-state index is 0.0217. The Labute approximate surface area is 195 Å². The molecule has 0 aliphatic heterocycles. The standard InChI is InChI=1S/C21H49NO5Si4/c1-21(2,17-25-29(6,7)8)19(27-31(12,13)14)20(24)22(28(3,4)5)16-15-18(23)26-30(9,10)11/h19H,15-17H2,1-14H3. The first-order valence-electron chi connectivity index (χ1n) is 11.3. The normalized spacial score (nSPS) is 14.9. The van der Waals surface area contributed by atoms with E-state index >= 15 is 0 Å². The lowest BCUT2D eigenvalue weighted by Crippen LogP contribution is -2.59. The summed E-state index contributed by atoms with van der Waals surface area (Å²) in [7, 11) is -7.76. The summed E-state index contributed by atoms with van der Waals surface area (Å²) in [4.78, 5) is 26.3. The number of hydrogen-bond donors (Lipinski definition) is 0. The van der Waals surface area contributed by atoms with Gasteiger partial charge in [0.15, 0.2) is 24.9 Å². The molecule has 0 spiro atoms. The Morgan fingerprint density at radius 1 is 0.806 bits per heavy atom. The molecule has 1 atom stereocenters. The molecule has 6 nitrogen and oxygen atoms in total. The SMILES string of the molecule is CC(C)(CO[Si](C)(C)C)C(O[Si](C)(C)C)C(=O)N(CCC(=O)O[Si](C)(C)C)[Si](C)(C)C. The summed E-state index contributed by atoms with van der Waals surface area (Å²) in [6, 6.07) is 0. The van der Waals surface area contributed by atoms with Gasteiger partial charge in [0, 0.05) is 18.6 Å². The molecule has 0 bridgehead atoms. The fourth-order valence-corrected chi connectivity index (χ4v) is 7.17. The Hall–Kier alpha value is -0.272. The second kappa shape index (κ2) is 10.8. The monoisotopic (exact) mass is 507 g/mol. The molecule has 0 heterocycles. The zero-order chi connectivity index (χ0) is 25.1. The average molecular weight is 508 g/mol. The number of rotatable bonds is 12. The molecule has 0 radical (unpaired) electrons. The van der Waals surface area contributed by atoms with Crippen LogP contribution in [0.3, 0.4) is 0 Å². The zero-order valence-electron chi connectivity index (χ0n) is 22.7. The smallest absolute Gasteiger partial charge is 0.294 e. The quantitative estimate of drug-likeness (QED) is 0.326. The van der Waals surface area contributed by atoms with Crippen molar-refractivity contribution in [3.8, 4) is 0 Å². The number of carbonyl (C=O) groups is 2.